The molecule has 1 unspecified atom stereocenters. The van der Waals surface area contributed by atoms with Crippen LogP contribution in [0.2, 0.25) is 0 Å². The molecule has 0 aromatic carbocycles. The lowest BCUT2D eigenvalue weighted by molar-refractivity contribution is 0.0241. The van der Waals surface area contributed by atoms with Gasteiger partial charge in [-0.15, -0.1) is 0 Å². The Hall–Kier alpha value is -0.120. The van der Waals surface area contributed by atoms with Gasteiger partial charge in [-0.2, -0.15) is 0 Å². The van der Waals surface area contributed by atoms with E-state index in [1.54, 1.807) is 7.11 Å². The number of nitrogens with zero attached hydrogens (tertiary/aromatic N) is 1. The van der Waals surface area contributed by atoms with Gasteiger partial charge in [0, 0.05) is 20.2 Å². The Bertz CT molecular complexity index is 98.5. The van der Waals surface area contributed by atoms with E-state index in [4.69, 9.17) is 9.47 Å². The number of methoxy groups -OCH3 is 1. The van der Waals surface area contributed by atoms with Crippen molar-refractivity contribution in [2.24, 2.45) is 0 Å². The summed E-state index contributed by atoms with van der Waals surface area (Å²) >= 11 is 0. The van der Waals surface area contributed by atoms with Crippen LogP contribution in [0.25, 0.3) is 0 Å². The Labute approximate surface area is 75.6 Å². The zero-order chi connectivity index (χ0) is 9.40. The van der Waals surface area contributed by atoms with Gasteiger partial charge in [-0.3, -0.25) is 0 Å². The molecule has 0 aromatic heterocycles. The van der Waals surface area contributed by atoms with Crippen molar-refractivity contribution in [1.29, 1.82) is 0 Å². The number of hydrogen-bond donors (Lipinski definition) is 0. The standard InChI is InChI=1S/C7H15NO2.C2H6/c1-8-3-4-10-6-7(5-8)9-2;1-2/h7H,3-6H2,1-2H3;1-2H3. The summed E-state index contributed by atoms with van der Waals surface area (Å²) in [4.78, 5) is 2.22. The first-order chi connectivity index (χ1) is 5.83. The third kappa shape index (κ3) is 4.70. The van der Waals surface area contributed by atoms with Crippen LogP contribution in [0, 0.1) is 0 Å². The fraction of sp³-hybridized carbons (Fsp3) is 1.00. The quantitative estimate of drug-likeness (QED) is 0.593. The average molecular weight is 175 g/mol. The molecule has 0 amide bonds. The van der Waals surface area contributed by atoms with E-state index in [-0.39, 0.29) is 6.10 Å². The molecule has 0 N–H and O–H groups in total. The van der Waals surface area contributed by atoms with Crippen LogP contribution < -0.4 is 0 Å². The zero-order valence-corrected chi connectivity index (χ0v) is 8.67. The molecule has 1 atom stereocenters. The van der Waals surface area contributed by atoms with Crippen LogP contribution in [-0.2, 0) is 9.47 Å². The van der Waals surface area contributed by atoms with E-state index in [1.165, 1.54) is 0 Å². The molecule has 1 heterocycles. The minimum Gasteiger partial charge on any atom is -0.378 e. The highest BCUT2D eigenvalue weighted by Gasteiger charge is 2.14. The van der Waals surface area contributed by atoms with Crippen LogP contribution in [0.4, 0.5) is 0 Å². The molecule has 12 heavy (non-hydrogen) atoms. The molecule has 1 saturated heterocycles. The summed E-state index contributed by atoms with van der Waals surface area (Å²) < 4.78 is 10.5. The summed E-state index contributed by atoms with van der Waals surface area (Å²) in [6.07, 6.45) is 0.257. The molecular formula is C9H21NO2. The lowest BCUT2D eigenvalue weighted by Crippen LogP contribution is -2.30. The summed E-state index contributed by atoms with van der Waals surface area (Å²) in [6.45, 7) is 7.56. The molecule has 3 heteroatoms. The Morgan fingerprint density at radius 1 is 1.42 bits per heavy atom. The van der Waals surface area contributed by atoms with Gasteiger partial charge >= 0.3 is 0 Å². The van der Waals surface area contributed by atoms with Crippen LogP contribution in [0.15, 0.2) is 0 Å². The van der Waals surface area contributed by atoms with Crippen molar-refractivity contribution in [2.45, 2.75) is 20.0 Å². The van der Waals surface area contributed by atoms with Gasteiger partial charge in [-0.25, -0.2) is 0 Å². The first kappa shape index (κ1) is 11.9. The van der Waals surface area contributed by atoms with Crippen molar-refractivity contribution in [3.8, 4) is 0 Å². The molecule has 0 aromatic rings. The van der Waals surface area contributed by atoms with Crippen molar-refractivity contribution >= 4 is 0 Å². The van der Waals surface area contributed by atoms with Crippen molar-refractivity contribution < 1.29 is 9.47 Å². The molecule has 0 aliphatic carbocycles. The molecule has 0 saturated carbocycles. The van der Waals surface area contributed by atoms with Crippen LogP contribution in [-0.4, -0.2) is 51.5 Å². The van der Waals surface area contributed by atoms with Gasteiger partial charge in [0.15, 0.2) is 0 Å². The molecule has 0 radical (unpaired) electrons. The predicted octanol–water partition coefficient (Wildman–Crippen LogP) is 0.990. The Balaban J connectivity index is 0.000000561. The van der Waals surface area contributed by atoms with E-state index in [2.05, 4.69) is 11.9 Å². The molecule has 0 spiro atoms. The van der Waals surface area contributed by atoms with Gasteiger partial charge in [0.25, 0.3) is 0 Å². The topological polar surface area (TPSA) is 21.7 Å². The smallest absolute Gasteiger partial charge is 0.0931 e. The van der Waals surface area contributed by atoms with Gasteiger partial charge in [0.2, 0.25) is 0 Å². The second-order valence-corrected chi connectivity index (χ2v) is 2.69. The van der Waals surface area contributed by atoms with E-state index in [0.717, 1.165) is 26.3 Å². The first-order valence-electron chi connectivity index (χ1n) is 4.62. The minimum atomic E-state index is 0.257. The van der Waals surface area contributed by atoms with Crippen LogP contribution in [0.1, 0.15) is 13.8 Å². The molecule has 1 aliphatic heterocycles. The fourth-order valence-corrected chi connectivity index (χ4v) is 1.07. The van der Waals surface area contributed by atoms with Gasteiger partial charge in [0.05, 0.1) is 19.3 Å². The lowest BCUT2D eigenvalue weighted by Gasteiger charge is -2.16. The molecule has 1 aliphatic rings. The predicted molar refractivity (Wildman–Crippen MR) is 50.5 cm³/mol. The van der Waals surface area contributed by atoms with E-state index in [9.17, 15) is 0 Å². The number of hydrogen-bond acceptors (Lipinski definition) is 3. The third-order valence-electron chi connectivity index (χ3n) is 1.77. The van der Waals surface area contributed by atoms with Crippen molar-refractivity contribution in [1.82, 2.24) is 4.90 Å². The molecule has 74 valence electrons. The number of rotatable bonds is 1. The second kappa shape index (κ2) is 7.53. The van der Waals surface area contributed by atoms with Gasteiger partial charge in [-0.1, -0.05) is 13.8 Å². The minimum absolute atomic E-state index is 0.257. The van der Waals surface area contributed by atoms with Crippen LogP contribution in [0.5, 0.6) is 0 Å². The highest BCUT2D eigenvalue weighted by molar-refractivity contribution is 4.65. The van der Waals surface area contributed by atoms with Crippen molar-refractivity contribution in [3.05, 3.63) is 0 Å². The average Bonchev–Trinajstić information content (AvgIpc) is 2.33. The summed E-state index contributed by atoms with van der Waals surface area (Å²) in [5.41, 5.74) is 0. The summed E-state index contributed by atoms with van der Waals surface area (Å²) in [5.74, 6) is 0. The van der Waals surface area contributed by atoms with Crippen molar-refractivity contribution in [3.63, 3.8) is 0 Å². The molecule has 0 bridgehead atoms. The lowest BCUT2D eigenvalue weighted by atomic mass is 10.3. The van der Waals surface area contributed by atoms with E-state index >= 15 is 0 Å². The Kier molecular flexibility index (Phi) is 7.45. The number of ether oxygens (including phenoxy) is 2. The first-order valence-corrected chi connectivity index (χ1v) is 4.62. The van der Waals surface area contributed by atoms with Crippen molar-refractivity contribution in [2.75, 3.05) is 40.5 Å². The summed E-state index contributed by atoms with van der Waals surface area (Å²) in [7, 11) is 3.81. The summed E-state index contributed by atoms with van der Waals surface area (Å²) in [6, 6.07) is 0. The van der Waals surface area contributed by atoms with E-state index in [0.29, 0.717) is 0 Å². The molecular weight excluding hydrogens is 154 g/mol. The fourth-order valence-electron chi connectivity index (χ4n) is 1.07. The Morgan fingerprint density at radius 2 is 2.08 bits per heavy atom. The monoisotopic (exact) mass is 175 g/mol. The normalized spacial score (nSPS) is 25.5. The maximum Gasteiger partial charge on any atom is 0.0931 e. The van der Waals surface area contributed by atoms with E-state index in [1.807, 2.05) is 13.8 Å². The van der Waals surface area contributed by atoms with Gasteiger partial charge in [0.1, 0.15) is 0 Å². The molecule has 1 rings (SSSR count). The van der Waals surface area contributed by atoms with Gasteiger partial charge < -0.3 is 14.4 Å². The zero-order valence-electron chi connectivity index (χ0n) is 8.67. The Morgan fingerprint density at radius 3 is 2.67 bits per heavy atom. The maximum atomic E-state index is 5.30. The van der Waals surface area contributed by atoms with Gasteiger partial charge in [-0.05, 0) is 7.05 Å². The number of likely N-dealkylation sites (N-methyl/N-ethyl adjacent to an activating group) is 1. The highest BCUT2D eigenvalue weighted by Crippen LogP contribution is 1.99. The molecule has 3 nitrogen and oxygen atoms in total. The third-order valence-corrected chi connectivity index (χ3v) is 1.77. The highest BCUT2D eigenvalue weighted by atomic mass is 16.5. The van der Waals surface area contributed by atoms with Crippen LogP contribution >= 0.6 is 0 Å². The SMILES string of the molecule is CC.COC1COCCN(C)C1. The molecule has 1 fully saturated rings. The van der Waals surface area contributed by atoms with E-state index < -0.39 is 0 Å². The second-order valence-electron chi connectivity index (χ2n) is 2.69. The van der Waals surface area contributed by atoms with Crippen LogP contribution in [0.3, 0.4) is 0 Å². The maximum absolute atomic E-state index is 5.30. The largest absolute Gasteiger partial charge is 0.378 e. The summed E-state index contributed by atoms with van der Waals surface area (Å²) in [5, 5.41) is 0.